The maximum Gasteiger partial charge on any atom is 0.324 e. The van der Waals surface area contributed by atoms with E-state index >= 15 is 0 Å². The van der Waals surface area contributed by atoms with Crippen LogP contribution in [0.15, 0.2) is 18.5 Å². The van der Waals surface area contributed by atoms with Crippen LogP contribution in [-0.2, 0) is 0 Å². The van der Waals surface area contributed by atoms with E-state index in [-0.39, 0.29) is 6.03 Å². The quantitative estimate of drug-likeness (QED) is 0.902. The van der Waals surface area contributed by atoms with Crippen LogP contribution < -0.4 is 5.32 Å². The predicted octanol–water partition coefficient (Wildman–Crippen LogP) is 1.81. The Morgan fingerprint density at radius 3 is 2.76 bits per heavy atom. The van der Waals surface area contributed by atoms with Crippen LogP contribution in [0.25, 0.3) is 0 Å². The Hall–Kier alpha value is -1.69. The molecule has 2 aliphatic heterocycles. The van der Waals surface area contributed by atoms with E-state index in [1.54, 1.807) is 18.5 Å². The minimum Gasteiger partial charge on any atom is -0.324 e. The minimum absolute atomic E-state index is 0.0809. The number of anilines is 1. The number of carbonyl (C=O) groups excluding carboxylic acids is 1. The van der Waals surface area contributed by atoms with Crippen LogP contribution in [0, 0.1) is 5.92 Å². The third-order valence-electron chi connectivity index (χ3n) is 4.61. The third kappa shape index (κ3) is 3.00. The summed E-state index contributed by atoms with van der Waals surface area (Å²) in [7, 11) is 0. The fourth-order valence-electron chi connectivity index (χ4n) is 3.58. The molecule has 6 heteroatoms. The average Bonchev–Trinajstić information content (AvgIpc) is 2.91. The van der Waals surface area contributed by atoms with Crippen molar-refractivity contribution in [1.82, 2.24) is 19.8 Å². The summed E-state index contributed by atoms with van der Waals surface area (Å²) in [6, 6.07) is 2.89. The number of carbonyl (C=O) groups is 1. The van der Waals surface area contributed by atoms with E-state index in [1.165, 1.54) is 6.42 Å². The van der Waals surface area contributed by atoms with Gasteiger partial charge in [0.05, 0.1) is 0 Å². The number of nitrogens with zero attached hydrogens (tertiary/aromatic N) is 4. The highest BCUT2D eigenvalue weighted by atomic mass is 16.2. The van der Waals surface area contributed by atoms with E-state index in [0.29, 0.717) is 23.9 Å². The highest BCUT2D eigenvalue weighted by Crippen LogP contribution is 2.32. The second kappa shape index (κ2) is 5.97. The number of aromatic nitrogens is 2. The molecule has 0 aromatic carbocycles. The van der Waals surface area contributed by atoms with Gasteiger partial charge in [-0.2, -0.15) is 0 Å². The molecule has 21 heavy (non-hydrogen) atoms. The second-order valence-corrected chi connectivity index (χ2v) is 6.18. The van der Waals surface area contributed by atoms with Crippen LogP contribution >= 0.6 is 0 Å². The number of amides is 2. The molecule has 0 spiro atoms. The van der Waals surface area contributed by atoms with Gasteiger partial charge in [-0.05, 0) is 45.2 Å². The molecule has 1 aromatic rings. The zero-order valence-electron chi connectivity index (χ0n) is 12.7. The van der Waals surface area contributed by atoms with Gasteiger partial charge in [0.25, 0.3) is 0 Å². The molecule has 0 bridgehead atoms. The molecule has 0 saturated carbocycles. The van der Waals surface area contributed by atoms with Crippen LogP contribution in [0.2, 0.25) is 0 Å². The molecule has 2 atom stereocenters. The van der Waals surface area contributed by atoms with Crippen molar-refractivity contribution < 1.29 is 4.79 Å². The number of piperidine rings is 1. The first-order valence-corrected chi connectivity index (χ1v) is 7.74. The summed E-state index contributed by atoms with van der Waals surface area (Å²) in [5.41, 5.74) is 0. The summed E-state index contributed by atoms with van der Waals surface area (Å²) in [6.45, 7) is 7.32. The molecule has 1 aromatic heterocycles. The molecule has 6 nitrogen and oxygen atoms in total. The molecule has 3 heterocycles. The molecular formula is C15H23N5O. The van der Waals surface area contributed by atoms with Crippen molar-refractivity contribution in [3.8, 4) is 0 Å². The number of hydrogen-bond acceptors (Lipinski definition) is 4. The summed E-state index contributed by atoms with van der Waals surface area (Å²) >= 11 is 0. The van der Waals surface area contributed by atoms with Gasteiger partial charge in [-0.25, -0.2) is 14.8 Å². The van der Waals surface area contributed by atoms with Crippen LogP contribution in [-0.4, -0.2) is 57.5 Å². The number of nitrogens with one attached hydrogen (secondary N) is 1. The maximum atomic E-state index is 12.3. The number of urea groups is 1. The summed E-state index contributed by atoms with van der Waals surface area (Å²) in [5.74, 6) is 0.975. The van der Waals surface area contributed by atoms with Gasteiger partial charge < -0.3 is 4.90 Å². The Morgan fingerprint density at radius 1 is 1.29 bits per heavy atom. The summed E-state index contributed by atoms with van der Waals surface area (Å²) in [6.07, 6.45) is 5.51. The molecule has 2 amide bonds. The average molecular weight is 289 g/mol. The first kappa shape index (κ1) is 14.3. The van der Waals surface area contributed by atoms with Gasteiger partial charge in [0.2, 0.25) is 5.95 Å². The van der Waals surface area contributed by atoms with E-state index in [0.717, 1.165) is 26.1 Å². The molecule has 0 unspecified atom stereocenters. The van der Waals surface area contributed by atoms with Crippen molar-refractivity contribution in [2.75, 3.05) is 25.0 Å². The Morgan fingerprint density at radius 2 is 2.05 bits per heavy atom. The number of fused-ring (bicyclic) bond motifs is 1. The van der Waals surface area contributed by atoms with Gasteiger partial charge in [-0.1, -0.05) is 0 Å². The third-order valence-corrected chi connectivity index (χ3v) is 4.61. The van der Waals surface area contributed by atoms with E-state index in [2.05, 4.69) is 34.0 Å². The molecule has 3 rings (SSSR count). The monoisotopic (exact) mass is 289 g/mol. The van der Waals surface area contributed by atoms with Gasteiger partial charge in [-0.15, -0.1) is 0 Å². The fraction of sp³-hybridized carbons (Fsp3) is 0.667. The lowest BCUT2D eigenvalue weighted by molar-refractivity contribution is 0.111. The molecule has 114 valence electrons. The smallest absolute Gasteiger partial charge is 0.324 e. The van der Waals surface area contributed by atoms with Crippen LogP contribution in [0.5, 0.6) is 0 Å². The van der Waals surface area contributed by atoms with E-state index in [4.69, 9.17) is 0 Å². The molecule has 0 aliphatic carbocycles. The molecule has 2 fully saturated rings. The molecule has 2 saturated heterocycles. The largest absolute Gasteiger partial charge is 0.324 e. The van der Waals surface area contributed by atoms with Crippen LogP contribution in [0.4, 0.5) is 10.7 Å². The number of likely N-dealkylation sites (tertiary alicyclic amines) is 2. The molecule has 0 radical (unpaired) electrons. The lowest BCUT2D eigenvalue weighted by Crippen LogP contribution is -2.50. The van der Waals surface area contributed by atoms with Crippen LogP contribution in [0.3, 0.4) is 0 Å². The van der Waals surface area contributed by atoms with E-state index in [9.17, 15) is 4.79 Å². The second-order valence-electron chi connectivity index (χ2n) is 6.18. The van der Waals surface area contributed by atoms with Crippen molar-refractivity contribution in [3.05, 3.63) is 18.5 Å². The zero-order valence-corrected chi connectivity index (χ0v) is 12.7. The highest BCUT2D eigenvalue weighted by Gasteiger charge is 2.40. The Bertz CT molecular complexity index is 492. The maximum absolute atomic E-state index is 12.3. The first-order valence-electron chi connectivity index (χ1n) is 7.74. The van der Waals surface area contributed by atoms with Crippen LogP contribution in [0.1, 0.15) is 26.7 Å². The topological polar surface area (TPSA) is 61.4 Å². The summed E-state index contributed by atoms with van der Waals surface area (Å²) in [5, 5.41) is 2.78. The van der Waals surface area contributed by atoms with E-state index in [1.807, 2.05) is 4.90 Å². The number of rotatable bonds is 2. The number of hydrogen-bond donors (Lipinski definition) is 1. The van der Waals surface area contributed by atoms with Crippen molar-refractivity contribution >= 4 is 12.0 Å². The Kier molecular flexibility index (Phi) is 4.05. The fourth-order valence-corrected chi connectivity index (χ4v) is 3.58. The van der Waals surface area contributed by atoms with Gasteiger partial charge >= 0.3 is 6.03 Å². The summed E-state index contributed by atoms with van der Waals surface area (Å²) in [4.78, 5) is 24.9. The molecular weight excluding hydrogens is 266 g/mol. The minimum atomic E-state index is -0.0809. The van der Waals surface area contributed by atoms with Crippen molar-refractivity contribution in [2.24, 2.45) is 5.92 Å². The van der Waals surface area contributed by atoms with Gasteiger partial charge in [0.1, 0.15) is 0 Å². The SMILES string of the molecule is CC(C)N1CC[C@@H]2CN(C(=O)Nc3ncccn3)CC[C@@H]21. The van der Waals surface area contributed by atoms with Crippen molar-refractivity contribution in [3.63, 3.8) is 0 Å². The lowest BCUT2D eigenvalue weighted by atomic mass is 9.92. The summed E-state index contributed by atoms with van der Waals surface area (Å²) < 4.78 is 0. The first-order chi connectivity index (χ1) is 10.1. The normalized spacial score (nSPS) is 26.0. The lowest BCUT2D eigenvalue weighted by Gasteiger charge is -2.39. The Balaban J connectivity index is 1.59. The van der Waals surface area contributed by atoms with E-state index < -0.39 is 0 Å². The predicted molar refractivity (Wildman–Crippen MR) is 81.0 cm³/mol. The standard InChI is InChI=1S/C15H23N5O/c1-11(2)20-9-4-12-10-19(8-5-13(12)20)15(21)18-14-16-6-3-7-17-14/h3,6-7,11-13H,4-5,8-10H2,1-2H3,(H,16,17,18,21)/t12-,13+/m1/s1. The van der Waals surface area contributed by atoms with Gasteiger partial charge in [-0.3, -0.25) is 10.2 Å². The van der Waals surface area contributed by atoms with Crippen molar-refractivity contribution in [1.29, 1.82) is 0 Å². The zero-order chi connectivity index (χ0) is 14.8. The van der Waals surface area contributed by atoms with Crippen molar-refractivity contribution in [2.45, 2.75) is 38.8 Å². The molecule has 1 N–H and O–H groups in total. The highest BCUT2D eigenvalue weighted by molar-refractivity contribution is 5.87. The van der Waals surface area contributed by atoms with Gasteiger partial charge in [0.15, 0.2) is 0 Å². The molecule has 2 aliphatic rings. The Labute approximate surface area is 125 Å². The van der Waals surface area contributed by atoms with Gasteiger partial charge in [0, 0.05) is 37.6 Å².